The van der Waals surface area contributed by atoms with Crippen LogP contribution in [0.5, 0.6) is 0 Å². The van der Waals surface area contributed by atoms with E-state index in [0.717, 1.165) is 19.3 Å². The van der Waals surface area contributed by atoms with Crippen LogP contribution in [0.15, 0.2) is 0 Å². The highest BCUT2D eigenvalue weighted by molar-refractivity contribution is 5.70. The predicted octanol–water partition coefficient (Wildman–Crippen LogP) is 2.91. The molecule has 0 heterocycles. The Morgan fingerprint density at radius 2 is 2.00 bits per heavy atom. The van der Waals surface area contributed by atoms with Crippen LogP contribution >= 0.6 is 0 Å². The maximum Gasteiger partial charge on any atom is 0.307 e. The minimum Gasteiger partial charge on any atom is -0.466 e. The van der Waals surface area contributed by atoms with E-state index in [1.54, 1.807) is 6.92 Å². The molecule has 0 aromatic rings. The van der Waals surface area contributed by atoms with Crippen molar-refractivity contribution in [3.63, 3.8) is 0 Å². The molecule has 1 fully saturated rings. The monoisotopic (exact) mass is 223 g/mol. The summed E-state index contributed by atoms with van der Waals surface area (Å²) in [5, 5.41) is 9.34. The Morgan fingerprint density at radius 1 is 1.44 bits per heavy atom. The lowest BCUT2D eigenvalue weighted by Gasteiger charge is -2.37. The number of ether oxygens (including phenoxy) is 1. The molecule has 0 aliphatic heterocycles. The normalized spacial score (nSPS) is 34.1. The first-order chi connectivity index (χ1) is 7.51. The van der Waals surface area contributed by atoms with Gasteiger partial charge in [0.05, 0.1) is 24.5 Å². The second kappa shape index (κ2) is 5.34. The molecule has 1 aliphatic rings. The molecular formula is C13H21NO2. The summed E-state index contributed by atoms with van der Waals surface area (Å²) in [5.74, 6) is 0.820. The van der Waals surface area contributed by atoms with E-state index in [0.29, 0.717) is 18.4 Å². The molecule has 1 rings (SSSR count). The van der Waals surface area contributed by atoms with Crippen LogP contribution in [0.2, 0.25) is 0 Å². The van der Waals surface area contributed by atoms with E-state index in [9.17, 15) is 10.1 Å². The first kappa shape index (κ1) is 13.0. The first-order valence-corrected chi connectivity index (χ1v) is 6.08. The number of hydrogen-bond acceptors (Lipinski definition) is 3. The van der Waals surface area contributed by atoms with Crippen molar-refractivity contribution in [2.75, 3.05) is 6.61 Å². The van der Waals surface area contributed by atoms with Gasteiger partial charge < -0.3 is 4.74 Å². The topological polar surface area (TPSA) is 50.1 Å². The SMILES string of the molecule is CCOC(=O)CC1(C#N)C[C@H](C)C[C@H](C)C1. The number of nitrogens with zero attached hydrogens (tertiary/aromatic N) is 1. The molecule has 0 saturated heterocycles. The van der Waals surface area contributed by atoms with Crippen LogP contribution in [0.3, 0.4) is 0 Å². The van der Waals surface area contributed by atoms with Crippen LogP contribution in [0.4, 0.5) is 0 Å². The average molecular weight is 223 g/mol. The van der Waals surface area contributed by atoms with E-state index in [1.807, 2.05) is 0 Å². The van der Waals surface area contributed by atoms with Gasteiger partial charge in [-0.25, -0.2) is 0 Å². The fourth-order valence-electron chi connectivity index (χ4n) is 3.03. The Hall–Kier alpha value is -1.04. The van der Waals surface area contributed by atoms with Crippen molar-refractivity contribution in [1.29, 1.82) is 5.26 Å². The Kier molecular flexibility index (Phi) is 4.35. The highest BCUT2D eigenvalue weighted by Crippen LogP contribution is 2.44. The van der Waals surface area contributed by atoms with Crippen LogP contribution < -0.4 is 0 Å². The zero-order valence-electron chi connectivity index (χ0n) is 10.5. The molecule has 1 saturated carbocycles. The second-order valence-corrected chi connectivity index (χ2v) is 5.23. The molecule has 3 heteroatoms. The van der Waals surface area contributed by atoms with Gasteiger partial charge in [-0.2, -0.15) is 5.26 Å². The van der Waals surface area contributed by atoms with Gasteiger partial charge in [-0.1, -0.05) is 13.8 Å². The predicted molar refractivity (Wildman–Crippen MR) is 61.5 cm³/mol. The van der Waals surface area contributed by atoms with Crippen molar-refractivity contribution < 1.29 is 9.53 Å². The zero-order valence-corrected chi connectivity index (χ0v) is 10.5. The Balaban J connectivity index is 2.70. The van der Waals surface area contributed by atoms with E-state index in [4.69, 9.17) is 4.74 Å². The summed E-state index contributed by atoms with van der Waals surface area (Å²) < 4.78 is 4.95. The second-order valence-electron chi connectivity index (χ2n) is 5.23. The lowest BCUT2D eigenvalue weighted by molar-refractivity contribution is -0.145. The molecule has 1 aliphatic carbocycles. The quantitative estimate of drug-likeness (QED) is 0.691. The smallest absolute Gasteiger partial charge is 0.307 e. The molecule has 3 nitrogen and oxygen atoms in total. The molecule has 0 amide bonds. The van der Waals surface area contributed by atoms with Gasteiger partial charge in [0.25, 0.3) is 0 Å². The largest absolute Gasteiger partial charge is 0.466 e. The third kappa shape index (κ3) is 3.23. The molecule has 0 radical (unpaired) electrons. The molecule has 16 heavy (non-hydrogen) atoms. The summed E-state index contributed by atoms with van der Waals surface area (Å²) in [6.07, 6.45) is 3.07. The van der Waals surface area contributed by atoms with Gasteiger partial charge in [-0.15, -0.1) is 0 Å². The van der Waals surface area contributed by atoms with Crippen molar-refractivity contribution >= 4 is 5.97 Å². The van der Waals surface area contributed by atoms with Crippen LogP contribution in [0.1, 0.15) is 46.5 Å². The highest BCUT2D eigenvalue weighted by atomic mass is 16.5. The zero-order chi connectivity index (χ0) is 12.2. The van der Waals surface area contributed by atoms with Gasteiger partial charge in [0.2, 0.25) is 0 Å². The summed E-state index contributed by atoms with van der Waals surface area (Å²) in [4.78, 5) is 11.5. The minimum absolute atomic E-state index is 0.231. The number of carbonyl (C=O) groups is 1. The molecule has 0 aromatic carbocycles. The number of carbonyl (C=O) groups excluding carboxylic acids is 1. The average Bonchev–Trinajstić information content (AvgIpc) is 2.16. The van der Waals surface area contributed by atoms with Crippen molar-refractivity contribution in [3.8, 4) is 6.07 Å². The summed E-state index contributed by atoms with van der Waals surface area (Å²) in [5.41, 5.74) is -0.483. The molecule has 0 bridgehead atoms. The Morgan fingerprint density at radius 3 is 2.44 bits per heavy atom. The van der Waals surface area contributed by atoms with Crippen LogP contribution in [0, 0.1) is 28.6 Å². The highest BCUT2D eigenvalue weighted by Gasteiger charge is 2.40. The molecule has 0 N–H and O–H groups in total. The molecular weight excluding hydrogens is 202 g/mol. The summed E-state index contributed by atoms with van der Waals surface area (Å²) >= 11 is 0. The lowest BCUT2D eigenvalue weighted by atomic mass is 9.65. The first-order valence-electron chi connectivity index (χ1n) is 6.08. The molecule has 1 unspecified atom stereocenters. The van der Waals surface area contributed by atoms with Crippen LogP contribution in [-0.4, -0.2) is 12.6 Å². The van der Waals surface area contributed by atoms with E-state index in [-0.39, 0.29) is 12.4 Å². The number of hydrogen-bond donors (Lipinski definition) is 0. The van der Waals surface area contributed by atoms with Gasteiger partial charge >= 0.3 is 5.97 Å². The maximum atomic E-state index is 11.5. The third-order valence-corrected chi connectivity index (χ3v) is 3.31. The summed E-state index contributed by atoms with van der Waals surface area (Å²) in [6.45, 7) is 6.51. The fraction of sp³-hybridized carbons (Fsp3) is 0.846. The molecule has 0 aromatic heterocycles. The summed E-state index contributed by atoms with van der Waals surface area (Å²) in [7, 11) is 0. The van der Waals surface area contributed by atoms with Crippen molar-refractivity contribution in [2.24, 2.45) is 17.3 Å². The van der Waals surface area contributed by atoms with Crippen molar-refractivity contribution in [3.05, 3.63) is 0 Å². The fourth-order valence-corrected chi connectivity index (χ4v) is 3.03. The lowest BCUT2D eigenvalue weighted by Crippen LogP contribution is -2.33. The number of nitriles is 1. The Bertz CT molecular complexity index is 283. The van der Waals surface area contributed by atoms with Crippen molar-refractivity contribution in [1.82, 2.24) is 0 Å². The van der Waals surface area contributed by atoms with Gasteiger partial charge in [0.1, 0.15) is 0 Å². The van der Waals surface area contributed by atoms with Gasteiger partial charge in [0.15, 0.2) is 0 Å². The van der Waals surface area contributed by atoms with Gasteiger partial charge in [-0.3, -0.25) is 4.79 Å². The van der Waals surface area contributed by atoms with E-state index in [1.165, 1.54) is 0 Å². The standard InChI is InChI=1S/C13H21NO2/c1-4-16-12(15)8-13(9-14)6-10(2)5-11(3)7-13/h10-11H,4-8H2,1-3H3/t10-,11+,13?. The Labute approximate surface area is 97.8 Å². The van der Waals surface area contributed by atoms with Crippen molar-refractivity contribution in [2.45, 2.75) is 46.5 Å². The number of esters is 1. The molecule has 90 valence electrons. The third-order valence-electron chi connectivity index (χ3n) is 3.31. The number of rotatable bonds is 3. The van der Waals surface area contributed by atoms with E-state index in [2.05, 4.69) is 19.9 Å². The van der Waals surface area contributed by atoms with Gasteiger partial charge in [0, 0.05) is 0 Å². The molecule has 0 spiro atoms. The maximum absolute atomic E-state index is 11.5. The van der Waals surface area contributed by atoms with E-state index < -0.39 is 5.41 Å². The molecule has 3 atom stereocenters. The summed E-state index contributed by atoms with van der Waals surface area (Å²) in [6, 6.07) is 2.37. The van der Waals surface area contributed by atoms with Crippen LogP contribution in [0.25, 0.3) is 0 Å². The van der Waals surface area contributed by atoms with Gasteiger partial charge in [-0.05, 0) is 38.0 Å². The minimum atomic E-state index is -0.483. The van der Waals surface area contributed by atoms with Crippen LogP contribution in [-0.2, 0) is 9.53 Å². The van der Waals surface area contributed by atoms with E-state index >= 15 is 0 Å².